The van der Waals surface area contributed by atoms with Crippen LogP contribution in [0.5, 0.6) is 0 Å². The van der Waals surface area contributed by atoms with E-state index < -0.39 is 0 Å². The molecule has 1 atom stereocenters. The SMILES string of the molecule is C/C=C\C=C(/NC)c1ccc(-c2cc(-c3ccc4c(c3)c3ccccc3n4/C(C)=C/C)c3c4c2CC=C2C=C=C(C(C)(C)C)C=C(C=C3)C24)cc1. The molecule has 0 aliphatic heterocycles. The van der Waals surface area contributed by atoms with Crippen LogP contribution in [0.2, 0.25) is 0 Å². The highest BCUT2D eigenvalue weighted by Gasteiger charge is 2.34. The van der Waals surface area contributed by atoms with E-state index in [0.29, 0.717) is 0 Å². The van der Waals surface area contributed by atoms with Crippen molar-refractivity contribution in [2.24, 2.45) is 5.41 Å². The molecular formula is C49H46N2. The molecule has 0 fully saturated rings. The molecule has 0 saturated carbocycles. The van der Waals surface area contributed by atoms with Crippen molar-refractivity contribution in [1.29, 1.82) is 0 Å². The molecule has 252 valence electrons. The Morgan fingerprint density at radius 3 is 2.37 bits per heavy atom. The predicted octanol–water partition coefficient (Wildman–Crippen LogP) is 12.8. The average Bonchev–Trinajstić information content (AvgIpc) is 3.33. The first-order chi connectivity index (χ1) is 24.7. The third-order valence-corrected chi connectivity index (χ3v) is 11.0. The van der Waals surface area contributed by atoms with Crippen LogP contribution in [0.4, 0.5) is 0 Å². The standard InChI is InChI=1S/C49H46N2/c1-8-10-14-44(50-7)33-18-16-32(17-19-33)41-30-42(35-23-27-46-43(29-35)38-13-11-12-15-45(38)51(46)31(3)9-2)40-26-22-36-28-37(49(4,5)6)24-20-34-21-25-39(41)48(40)47(34)36/h8-23,26-30,47,50H,25H2,1-7H3/b10-8-,31-9+,44-14-. The molecule has 2 heteroatoms. The minimum atomic E-state index is 0.0106. The number of nitrogens with one attached hydrogen (secondary N) is 1. The molecule has 5 aromatic rings. The molecule has 3 aliphatic rings. The molecule has 0 bridgehead atoms. The molecule has 0 saturated heterocycles. The van der Waals surface area contributed by atoms with E-state index in [9.17, 15) is 0 Å². The molecule has 1 heterocycles. The first-order valence-corrected chi connectivity index (χ1v) is 18.3. The van der Waals surface area contributed by atoms with Gasteiger partial charge in [0.1, 0.15) is 0 Å². The number of hydrogen-bond donors (Lipinski definition) is 1. The summed E-state index contributed by atoms with van der Waals surface area (Å²) in [5, 5.41) is 5.94. The van der Waals surface area contributed by atoms with E-state index in [-0.39, 0.29) is 11.3 Å². The highest BCUT2D eigenvalue weighted by molar-refractivity contribution is 6.11. The number of benzene rings is 4. The van der Waals surface area contributed by atoms with E-state index in [0.717, 1.165) is 12.1 Å². The summed E-state index contributed by atoms with van der Waals surface area (Å²) in [5.41, 5.74) is 23.0. The second-order valence-corrected chi connectivity index (χ2v) is 15.0. The number of aromatic nitrogens is 1. The van der Waals surface area contributed by atoms with E-state index >= 15 is 0 Å². The third-order valence-electron chi connectivity index (χ3n) is 11.0. The number of fused-ring (bicyclic) bond motifs is 3. The molecule has 1 N–H and O–H groups in total. The van der Waals surface area contributed by atoms with Gasteiger partial charge in [-0.2, -0.15) is 0 Å². The second-order valence-electron chi connectivity index (χ2n) is 15.0. The molecule has 4 aromatic carbocycles. The van der Waals surface area contributed by atoms with Crippen molar-refractivity contribution in [1.82, 2.24) is 9.88 Å². The van der Waals surface area contributed by atoms with Gasteiger partial charge < -0.3 is 9.88 Å². The molecule has 1 unspecified atom stereocenters. The quantitative estimate of drug-likeness (QED) is 0.141. The van der Waals surface area contributed by atoms with Gasteiger partial charge in [-0.1, -0.05) is 106 Å². The predicted molar refractivity (Wildman–Crippen MR) is 220 cm³/mol. The molecule has 0 amide bonds. The Hall–Kier alpha value is -5.56. The van der Waals surface area contributed by atoms with Crippen LogP contribution in [0.3, 0.4) is 0 Å². The zero-order valence-corrected chi connectivity index (χ0v) is 30.9. The molecule has 0 spiro atoms. The first-order valence-electron chi connectivity index (χ1n) is 18.3. The van der Waals surface area contributed by atoms with Crippen molar-refractivity contribution >= 4 is 39.3 Å². The lowest BCUT2D eigenvalue weighted by molar-refractivity contribution is 0.517. The lowest BCUT2D eigenvalue weighted by Gasteiger charge is -2.34. The maximum atomic E-state index is 3.71. The minimum Gasteiger partial charge on any atom is -0.388 e. The molecular weight excluding hydrogens is 617 g/mol. The Morgan fingerprint density at radius 1 is 0.863 bits per heavy atom. The maximum Gasteiger partial charge on any atom is 0.0538 e. The van der Waals surface area contributed by atoms with Gasteiger partial charge in [-0.15, -0.1) is 5.73 Å². The summed E-state index contributed by atoms with van der Waals surface area (Å²) in [7, 11) is 1.99. The van der Waals surface area contributed by atoms with Crippen molar-refractivity contribution in [3.63, 3.8) is 0 Å². The van der Waals surface area contributed by atoms with Gasteiger partial charge in [0.05, 0.1) is 11.0 Å². The lowest BCUT2D eigenvalue weighted by atomic mass is 9.69. The van der Waals surface area contributed by atoms with Crippen molar-refractivity contribution < 1.29 is 0 Å². The lowest BCUT2D eigenvalue weighted by Crippen LogP contribution is -2.18. The van der Waals surface area contributed by atoms with Crippen molar-refractivity contribution in [3.8, 4) is 22.3 Å². The summed E-state index contributed by atoms with van der Waals surface area (Å²) >= 11 is 0. The smallest absolute Gasteiger partial charge is 0.0538 e. The van der Waals surface area contributed by atoms with Crippen LogP contribution in [-0.2, 0) is 6.42 Å². The van der Waals surface area contributed by atoms with Gasteiger partial charge in [0.25, 0.3) is 0 Å². The molecule has 8 rings (SSSR count). The molecule has 2 nitrogen and oxygen atoms in total. The Labute approximate surface area is 302 Å². The molecule has 51 heavy (non-hydrogen) atoms. The number of allylic oxidation sites excluding steroid dienone is 11. The van der Waals surface area contributed by atoms with Gasteiger partial charge >= 0.3 is 0 Å². The summed E-state index contributed by atoms with van der Waals surface area (Å²) in [5.74, 6) is 0.182. The molecule has 3 aliphatic carbocycles. The highest BCUT2D eigenvalue weighted by Crippen LogP contribution is 2.52. The van der Waals surface area contributed by atoms with Crippen molar-refractivity contribution in [3.05, 3.63) is 166 Å². The summed E-state index contributed by atoms with van der Waals surface area (Å²) in [4.78, 5) is 0. The van der Waals surface area contributed by atoms with Gasteiger partial charge in [-0.25, -0.2) is 0 Å². The van der Waals surface area contributed by atoms with E-state index in [4.69, 9.17) is 0 Å². The fourth-order valence-corrected chi connectivity index (χ4v) is 8.20. The van der Waals surface area contributed by atoms with Crippen LogP contribution in [0.25, 0.3) is 61.5 Å². The Morgan fingerprint density at radius 2 is 1.63 bits per heavy atom. The van der Waals surface area contributed by atoms with Gasteiger partial charge in [0, 0.05) is 35.1 Å². The number of hydrogen-bond acceptors (Lipinski definition) is 1. The van der Waals surface area contributed by atoms with Crippen LogP contribution in [0.1, 0.15) is 69.7 Å². The van der Waals surface area contributed by atoms with E-state index in [1.165, 1.54) is 88.7 Å². The van der Waals surface area contributed by atoms with E-state index in [2.05, 4.69) is 178 Å². The van der Waals surface area contributed by atoms with E-state index in [1.54, 1.807) is 0 Å². The average molecular weight is 663 g/mol. The van der Waals surface area contributed by atoms with Crippen LogP contribution < -0.4 is 5.32 Å². The zero-order chi connectivity index (χ0) is 35.4. The van der Waals surface area contributed by atoms with E-state index in [1.807, 2.05) is 14.0 Å². The van der Waals surface area contributed by atoms with Crippen LogP contribution in [0.15, 0.2) is 144 Å². The number of para-hydroxylation sites is 1. The van der Waals surface area contributed by atoms with Crippen molar-refractivity contribution in [2.45, 2.75) is 53.9 Å². The van der Waals surface area contributed by atoms with Crippen LogP contribution in [-0.4, -0.2) is 11.6 Å². The van der Waals surface area contributed by atoms with Crippen LogP contribution >= 0.6 is 0 Å². The van der Waals surface area contributed by atoms with Crippen molar-refractivity contribution in [2.75, 3.05) is 7.05 Å². The highest BCUT2D eigenvalue weighted by atomic mass is 15.0. The summed E-state index contributed by atoms with van der Waals surface area (Å²) in [6, 6.07) is 27.5. The summed E-state index contributed by atoms with van der Waals surface area (Å²) in [6.07, 6.45) is 21.2. The van der Waals surface area contributed by atoms with Gasteiger partial charge in [0.15, 0.2) is 0 Å². The first kappa shape index (κ1) is 32.6. The number of nitrogens with zero attached hydrogens (tertiary/aromatic N) is 1. The monoisotopic (exact) mass is 662 g/mol. The fourth-order valence-electron chi connectivity index (χ4n) is 8.20. The Bertz CT molecular complexity index is 2500. The zero-order valence-electron chi connectivity index (χ0n) is 30.9. The second kappa shape index (κ2) is 12.6. The normalized spacial score (nSPS) is 17.1. The Kier molecular flexibility index (Phi) is 8.09. The van der Waals surface area contributed by atoms with Crippen LogP contribution in [0, 0.1) is 5.41 Å². The minimum absolute atomic E-state index is 0.0106. The van der Waals surface area contributed by atoms with Gasteiger partial charge in [-0.05, 0) is 136 Å². The summed E-state index contributed by atoms with van der Waals surface area (Å²) < 4.78 is 2.40. The largest absolute Gasteiger partial charge is 0.388 e. The topological polar surface area (TPSA) is 17.0 Å². The van der Waals surface area contributed by atoms with Gasteiger partial charge in [-0.3, -0.25) is 0 Å². The number of rotatable bonds is 6. The summed E-state index contributed by atoms with van der Waals surface area (Å²) in [6.45, 7) is 13.2. The molecule has 0 radical (unpaired) electrons. The van der Waals surface area contributed by atoms with Gasteiger partial charge in [0.2, 0.25) is 0 Å². The fraction of sp³-hybridized carbons (Fsp3) is 0.204. The maximum absolute atomic E-state index is 3.71. The third kappa shape index (κ3) is 5.43. The molecule has 1 aromatic heterocycles. The Balaban J connectivity index is 1.38.